The lowest BCUT2D eigenvalue weighted by Gasteiger charge is -2.38. The summed E-state index contributed by atoms with van der Waals surface area (Å²) in [7, 11) is 0. The van der Waals surface area contributed by atoms with E-state index in [1.165, 1.54) is 18.2 Å². The van der Waals surface area contributed by atoms with Gasteiger partial charge in [0.1, 0.15) is 17.9 Å². The van der Waals surface area contributed by atoms with Gasteiger partial charge in [0.15, 0.2) is 0 Å². The van der Waals surface area contributed by atoms with Crippen LogP contribution in [0.1, 0.15) is 19.3 Å². The highest BCUT2D eigenvalue weighted by Crippen LogP contribution is 2.32. The van der Waals surface area contributed by atoms with E-state index in [9.17, 15) is 18.8 Å². The summed E-state index contributed by atoms with van der Waals surface area (Å²) in [6, 6.07) is 4.01. The van der Waals surface area contributed by atoms with Gasteiger partial charge in [-0.25, -0.2) is 9.18 Å². The summed E-state index contributed by atoms with van der Waals surface area (Å²) in [4.78, 5) is 40.5. The third-order valence-electron chi connectivity index (χ3n) is 5.11. The quantitative estimate of drug-likeness (QED) is 0.836. The van der Waals surface area contributed by atoms with E-state index in [4.69, 9.17) is 0 Å². The summed E-state index contributed by atoms with van der Waals surface area (Å²) in [6.45, 7) is 0.966. The smallest absolute Gasteiger partial charge is 0.319 e. The van der Waals surface area contributed by atoms with E-state index >= 15 is 0 Å². The highest BCUT2D eigenvalue weighted by Gasteiger charge is 2.51. The molecule has 0 saturated carbocycles. The van der Waals surface area contributed by atoms with Gasteiger partial charge >= 0.3 is 6.03 Å². The second-order valence-electron chi connectivity index (χ2n) is 6.74. The predicted molar refractivity (Wildman–Crippen MR) is 87.2 cm³/mol. The molecule has 1 aromatic rings. The number of benzene rings is 1. The van der Waals surface area contributed by atoms with Crippen molar-refractivity contribution in [3.05, 3.63) is 30.1 Å². The van der Waals surface area contributed by atoms with E-state index in [1.54, 1.807) is 15.9 Å². The number of carbonyl (C=O) groups excluding carboxylic acids is 3. The molecule has 4 rings (SSSR count). The third-order valence-corrected chi connectivity index (χ3v) is 5.11. The second-order valence-corrected chi connectivity index (χ2v) is 6.74. The van der Waals surface area contributed by atoms with Crippen molar-refractivity contribution in [1.82, 2.24) is 15.1 Å². The van der Waals surface area contributed by atoms with Gasteiger partial charge in [-0.15, -0.1) is 0 Å². The maximum Gasteiger partial charge on any atom is 0.319 e. The number of piperazine rings is 1. The number of halogens is 1. The fourth-order valence-electron chi connectivity index (χ4n) is 4.01. The Kier molecular flexibility index (Phi) is 3.82. The molecule has 0 aliphatic carbocycles. The molecule has 3 atom stereocenters. The maximum atomic E-state index is 13.2. The third kappa shape index (κ3) is 2.81. The summed E-state index contributed by atoms with van der Waals surface area (Å²) in [5.41, 5.74) is 0.348. The highest BCUT2D eigenvalue weighted by molar-refractivity contribution is 5.98. The number of amides is 4. The lowest BCUT2D eigenvalue weighted by molar-refractivity contribution is -0.156. The minimum Gasteiger partial charge on any atom is -0.333 e. The van der Waals surface area contributed by atoms with Crippen molar-refractivity contribution in [2.75, 3.05) is 18.4 Å². The highest BCUT2D eigenvalue weighted by atomic mass is 19.1. The number of carbonyl (C=O) groups is 3. The van der Waals surface area contributed by atoms with Crippen LogP contribution >= 0.6 is 0 Å². The average Bonchev–Trinajstić information content (AvgIpc) is 3.20. The van der Waals surface area contributed by atoms with E-state index in [1.807, 2.05) is 0 Å². The number of hydrogen-bond donors (Lipinski definition) is 2. The molecule has 3 aliphatic heterocycles. The Hall–Kier alpha value is -2.64. The van der Waals surface area contributed by atoms with Crippen LogP contribution in [-0.2, 0) is 9.59 Å². The Balaban J connectivity index is 1.40. The van der Waals surface area contributed by atoms with Crippen molar-refractivity contribution in [1.29, 1.82) is 0 Å². The SMILES string of the molecule is O=C(Nc1cccc(F)c1)N[C@H]1C[C@H]2C(=O)N3CCC[C@H]3C(=O)N2C1. The largest absolute Gasteiger partial charge is 0.333 e. The molecule has 0 aromatic heterocycles. The number of rotatable bonds is 2. The van der Waals surface area contributed by atoms with Crippen LogP contribution in [0.5, 0.6) is 0 Å². The minimum absolute atomic E-state index is 0.0167. The molecule has 8 heteroatoms. The minimum atomic E-state index is -0.485. The fourth-order valence-corrected chi connectivity index (χ4v) is 4.01. The number of nitrogens with zero attached hydrogens (tertiary/aromatic N) is 2. The standard InChI is InChI=1S/C17H19FN4O3/c18-10-3-1-4-11(7-10)19-17(25)20-12-8-14-16(24)21-6-2-5-13(21)15(23)22(14)9-12/h1,3-4,7,12-14H,2,5-6,8-9H2,(H2,19,20,25)/t12-,13-,14-/m0/s1. The summed E-state index contributed by atoms with van der Waals surface area (Å²) >= 11 is 0. The number of nitrogens with one attached hydrogen (secondary N) is 2. The zero-order valence-corrected chi connectivity index (χ0v) is 13.6. The molecule has 0 bridgehead atoms. The van der Waals surface area contributed by atoms with Crippen molar-refractivity contribution in [3.63, 3.8) is 0 Å². The van der Waals surface area contributed by atoms with E-state index in [0.29, 0.717) is 31.6 Å². The topological polar surface area (TPSA) is 81.8 Å². The van der Waals surface area contributed by atoms with Crippen LogP contribution in [-0.4, -0.2) is 58.9 Å². The fraction of sp³-hybridized carbons (Fsp3) is 0.471. The van der Waals surface area contributed by atoms with Crippen molar-refractivity contribution < 1.29 is 18.8 Å². The first-order valence-electron chi connectivity index (χ1n) is 8.47. The zero-order valence-electron chi connectivity index (χ0n) is 13.6. The van der Waals surface area contributed by atoms with Crippen molar-refractivity contribution >= 4 is 23.5 Å². The molecular weight excluding hydrogens is 327 g/mol. The molecule has 1 aromatic carbocycles. The van der Waals surface area contributed by atoms with Crippen LogP contribution in [0.2, 0.25) is 0 Å². The molecule has 4 amide bonds. The van der Waals surface area contributed by atoms with Crippen LogP contribution in [0.4, 0.5) is 14.9 Å². The first-order valence-corrected chi connectivity index (χ1v) is 8.47. The van der Waals surface area contributed by atoms with Crippen molar-refractivity contribution in [2.45, 2.75) is 37.4 Å². The summed E-state index contributed by atoms with van der Waals surface area (Å²) in [6.07, 6.45) is 1.98. The molecule has 7 nitrogen and oxygen atoms in total. The van der Waals surface area contributed by atoms with Crippen LogP contribution in [0.15, 0.2) is 24.3 Å². The van der Waals surface area contributed by atoms with E-state index < -0.39 is 17.9 Å². The number of anilines is 1. The van der Waals surface area contributed by atoms with E-state index in [-0.39, 0.29) is 23.9 Å². The van der Waals surface area contributed by atoms with Gasteiger partial charge in [0, 0.05) is 18.8 Å². The van der Waals surface area contributed by atoms with Crippen LogP contribution in [0.3, 0.4) is 0 Å². The summed E-state index contributed by atoms with van der Waals surface area (Å²) < 4.78 is 13.2. The molecule has 3 heterocycles. The first-order chi connectivity index (χ1) is 12.0. The van der Waals surface area contributed by atoms with Gasteiger partial charge in [-0.1, -0.05) is 6.07 Å². The average molecular weight is 346 g/mol. The van der Waals surface area contributed by atoms with Crippen LogP contribution < -0.4 is 10.6 Å². The van der Waals surface area contributed by atoms with Gasteiger partial charge in [-0.05, 0) is 37.5 Å². The molecule has 3 aliphatic rings. The Morgan fingerprint density at radius 3 is 2.76 bits per heavy atom. The molecular formula is C17H19FN4O3. The Labute approximate surface area is 144 Å². The van der Waals surface area contributed by atoms with E-state index in [0.717, 1.165) is 6.42 Å². The second kappa shape index (κ2) is 6.02. The number of urea groups is 1. The Morgan fingerprint density at radius 2 is 1.96 bits per heavy atom. The number of fused-ring (bicyclic) bond motifs is 2. The van der Waals surface area contributed by atoms with Gasteiger partial charge in [0.05, 0.1) is 6.04 Å². The van der Waals surface area contributed by atoms with E-state index in [2.05, 4.69) is 10.6 Å². The monoisotopic (exact) mass is 346 g/mol. The summed E-state index contributed by atoms with van der Waals surface area (Å²) in [5, 5.41) is 5.34. The molecule has 0 spiro atoms. The lowest BCUT2D eigenvalue weighted by atomic mass is 10.1. The zero-order chi connectivity index (χ0) is 17.6. The molecule has 25 heavy (non-hydrogen) atoms. The van der Waals surface area contributed by atoms with Gasteiger partial charge in [0.25, 0.3) is 0 Å². The van der Waals surface area contributed by atoms with Crippen LogP contribution in [0.25, 0.3) is 0 Å². The first kappa shape index (κ1) is 15.9. The molecule has 0 radical (unpaired) electrons. The van der Waals surface area contributed by atoms with Crippen molar-refractivity contribution in [3.8, 4) is 0 Å². The molecule has 132 valence electrons. The Bertz CT molecular complexity index is 710. The van der Waals surface area contributed by atoms with Gasteiger partial charge < -0.3 is 20.4 Å². The van der Waals surface area contributed by atoms with Gasteiger partial charge in [-0.2, -0.15) is 0 Å². The number of hydrogen-bond acceptors (Lipinski definition) is 3. The van der Waals surface area contributed by atoms with Crippen molar-refractivity contribution in [2.24, 2.45) is 0 Å². The predicted octanol–water partition coefficient (Wildman–Crippen LogP) is 0.921. The normalized spacial score (nSPS) is 28.0. The molecule has 3 fully saturated rings. The Morgan fingerprint density at radius 1 is 1.16 bits per heavy atom. The lowest BCUT2D eigenvalue weighted by Crippen LogP contribution is -2.60. The molecule has 3 saturated heterocycles. The summed E-state index contributed by atoms with van der Waals surface area (Å²) in [5.74, 6) is -0.471. The maximum absolute atomic E-state index is 13.2. The van der Waals surface area contributed by atoms with Gasteiger partial charge in [0.2, 0.25) is 11.8 Å². The van der Waals surface area contributed by atoms with Gasteiger partial charge in [-0.3, -0.25) is 9.59 Å². The molecule has 2 N–H and O–H groups in total. The molecule has 0 unspecified atom stereocenters. The van der Waals surface area contributed by atoms with Crippen LogP contribution in [0, 0.1) is 5.82 Å².